The molecule has 0 aliphatic heterocycles. The summed E-state index contributed by atoms with van der Waals surface area (Å²) in [5.74, 6) is 0. The molecule has 0 amide bonds. The molecule has 0 aliphatic carbocycles. The van der Waals surface area contributed by atoms with Gasteiger partial charge in [-0.1, -0.05) is 25.3 Å². The number of ether oxygens (including phenoxy) is 1. The lowest BCUT2D eigenvalue weighted by atomic mass is 10.2. The lowest BCUT2D eigenvalue weighted by molar-refractivity contribution is 0.298. The van der Waals surface area contributed by atoms with Crippen molar-refractivity contribution in [2.75, 3.05) is 6.61 Å². The fraction of sp³-hybridized carbons (Fsp3) is 0.875. The van der Waals surface area contributed by atoms with E-state index in [0.717, 1.165) is 19.1 Å². The number of thiocarbonyl (C=S) groups is 1. The van der Waals surface area contributed by atoms with Crippen LogP contribution < -0.4 is 0 Å². The second-order valence-corrected chi connectivity index (χ2v) is 3.58. The molecule has 0 heterocycles. The van der Waals surface area contributed by atoms with Crippen LogP contribution in [0.4, 0.5) is 0 Å². The Morgan fingerprint density at radius 3 is 2.45 bits per heavy atom. The maximum Gasteiger partial charge on any atom is 0.156 e. The Morgan fingerprint density at radius 1 is 1.27 bits per heavy atom. The molecule has 0 rings (SSSR count). The van der Waals surface area contributed by atoms with Gasteiger partial charge in [0, 0.05) is 17.2 Å². The largest absolute Gasteiger partial charge is 0.487 e. The Labute approximate surface area is 77.9 Å². The molecule has 63 valence electrons. The van der Waals surface area contributed by atoms with Gasteiger partial charge in [-0.25, -0.2) is 0 Å². The van der Waals surface area contributed by atoms with Gasteiger partial charge in [0.25, 0.3) is 0 Å². The maximum atomic E-state index is 5.14. The van der Waals surface area contributed by atoms with E-state index < -0.39 is 0 Å². The fourth-order valence-corrected chi connectivity index (χ4v) is 1.13. The van der Waals surface area contributed by atoms with Gasteiger partial charge in [-0.2, -0.15) is 0 Å². The molecule has 0 saturated heterocycles. The van der Waals surface area contributed by atoms with E-state index in [2.05, 4.69) is 10.2 Å². The topological polar surface area (TPSA) is 9.23 Å². The number of hydrogen-bond acceptors (Lipinski definition) is 2. The molecule has 3 heteroatoms. The number of rotatable bonds is 6. The molecule has 0 bridgehead atoms. The van der Waals surface area contributed by atoms with Crippen LogP contribution in [0.25, 0.3) is 0 Å². The van der Waals surface area contributed by atoms with Crippen LogP contribution in [0.5, 0.6) is 0 Å². The molecule has 0 N–H and O–H groups in total. The van der Waals surface area contributed by atoms with Crippen LogP contribution in [0.1, 0.15) is 32.6 Å². The summed E-state index contributed by atoms with van der Waals surface area (Å²) in [5, 5.41) is 0.658. The highest BCUT2D eigenvalue weighted by molar-refractivity contribution is 7.80. The quantitative estimate of drug-likeness (QED) is 0.359. The summed E-state index contributed by atoms with van der Waals surface area (Å²) in [4.78, 5) is 0. The van der Waals surface area contributed by atoms with Crippen molar-refractivity contribution in [3.8, 4) is 0 Å². The highest BCUT2D eigenvalue weighted by atomic mass is 32.1. The minimum absolute atomic E-state index is 0.658. The van der Waals surface area contributed by atoms with Gasteiger partial charge < -0.3 is 4.74 Å². The van der Waals surface area contributed by atoms with Gasteiger partial charge in [-0.15, -0.1) is 0 Å². The third-order valence-corrected chi connectivity index (χ3v) is 1.85. The molecule has 1 nitrogen and oxygen atoms in total. The Morgan fingerprint density at radius 2 is 1.91 bits per heavy atom. The first-order valence-electron chi connectivity index (χ1n) is 4.05. The Hall–Kier alpha value is 0.107. The Kier molecular flexibility index (Phi) is 8.29. The van der Waals surface area contributed by atoms with E-state index in [4.69, 9.17) is 17.0 Å². The number of unbranched alkanes of at least 4 members (excludes halogenated alkanes) is 3. The molecule has 0 saturated carbocycles. The van der Waals surface area contributed by atoms with Crippen molar-refractivity contribution in [3.63, 3.8) is 0 Å². The SMILES string of the molecule is CC(=S)OCCCCCC[Si]. The van der Waals surface area contributed by atoms with Crippen LogP contribution >= 0.6 is 12.2 Å². The molecular weight excluding hydrogens is 172 g/mol. The molecule has 0 spiro atoms. The first kappa shape index (κ1) is 11.1. The Balaban J connectivity index is 2.85. The monoisotopic (exact) mass is 187 g/mol. The van der Waals surface area contributed by atoms with Crippen LogP contribution in [0.15, 0.2) is 0 Å². The molecule has 11 heavy (non-hydrogen) atoms. The van der Waals surface area contributed by atoms with Crippen molar-refractivity contribution >= 4 is 27.5 Å². The molecule has 0 aromatic rings. The van der Waals surface area contributed by atoms with E-state index in [1.807, 2.05) is 6.92 Å². The first-order chi connectivity index (χ1) is 5.27. The first-order valence-corrected chi connectivity index (χ1v) is 5.17. The molecule has 0 atom stereocenters. The lowest BCUT2D eigenvalue weighted by Gasteiger charge is -2.02. The van der Waals surface area contributed by atoms with Crippen molar-refractivity contribution in [2.24, 2.45) is 0 Å². The summed E-state index contributed by atoms with van der Waals surface area (Å²) in [6, 6.07) is 1.10. The molecule has 0 aliphatic rings. The smallest absolute Gasteiger partial charge is 0.156 e. The average molecular weight is 187 g/mol. The van der Waals surface area contributed by atoms with Crippen molar-refractivity contribution in [1.82, 2.24) is 0 Å². The highest BCUT2D eigenvalue weighted by Gasteiger charge is 1.90. The van der Waals surface area contributed by atoms with E-state index in [-0.39, 0.29) is 0 Å². The zero-order valence-electron chi connectivity index (χ0n) is 7.06. The van der Waals surface area contributed by atoms with Gasteiger partial charge >= 0.3 is 0 Å². The second-order valence-electron chi connectivity index (χ2n) is 2.50. The molecule has 0 aromatic heterocycles. The highest BCUT2D eigenvalue weighted by Crippen LogP contribution is 2.01. The van der Waals surface area contributed by atoms with E-state index >= 15 is 0 Å². The van der Waals surface area contributed by atoms with Gasteiger partial charge in [-0.3, -0.25) is 0 Å². The van der Waals surface area contributed by atoms with Gasteiger partial charge in [0.2, 0.25) is 0 Å². The van der Waals surface area contributed by atoms with Gasteiger partial charge in [-0.05, 0) is 18.6 Å². The maximum absolute atomic E-state index is 5.14. The van der Waals surface area contributed by atoms with Crippen LogP contribution in [0.2, 0.25) is 6.04 Å². The predicted molar refractivity (Wildman–Crippen MR) is 53.3 cm³/mol. The van der Waals surface area contributed by atoms with Gasteiger partial charge in [0.05, 0.1) is 6.61 Å². The van der Waals surface area contributed by atoms with Crippen molar-refractivity contribution in [2.45, 2.75) is 38.7 Å². The van der Waals surface area contributed by atoms with E-state index in [0.29, 0.717) is 5.05 Å². The van der Waals surface area contributed by atoms with Crippen LogP contribution in [0.3, 0.4) is 0 Å². The summed E-state index contributed by atoms with van der Waals surface area (Å²) in [7, 11) is 3.43. The summed E-state index contributed by atoms with van der Waals surface area (Å²) in [6.45, 7) is 2.60. The average Bonchev–Trinajstić information content (AvgIpc) is 1.96. The fourth-order valence-electron chi connectivity index (χ4n) is 0.797. The summed E-state index contributed by atoms with van der Waals surface area (Å²) in [5.41, 5.74) is 0. The second kappa shape index (κ2) is 8.21. The third-order valence-electron chi connectivity index (χ3n) is 1.38. The molecule has 0 unspecified atom stereocenters. The van der Waals surface area contributed by atoms with Crippen molar-refractivity contribution in [3.05, 3.63) is 0 Å². The van der Waals surface area contributed by atoms with Gasteiger partial charge in [0.15, 0.2) is 5.05 Å². The van der Waals surface area contributed by atoms with Crippen LogP contribution in [-0.4, -0.2) is 21.9 Å². The van der Waals surface area contributed by atoms with Crippen LogP contribution in [0, 0.1) is 0 Å². The third kappa shape index (κ3) is 10.1. The van der Waals surface area contributed by atoms with Gasteiger partial charge in [0.1, 0.15) is 0 Å². The standard InChI is InChI=1S/C8H15OSSi/c1-8(10)9-6-4-2-3-5-7-11/h2-7H2,1H3. The summed E-state index contributed by atoms with van der Waals surface area (Å²) >= 11 is 4.77. The van der Waals surface area contributed by atoms with E-state index in [9.17, 15) is 0 Å². The minimum atomic E-state index is 0.658. The van der Waals surface area contributed by atoms with E-state index in [1.165, 1.54) is 19.3 Å². The summed E-state index contributed by atoms with van der Waals surface area (Å²) < 4.78 is 5.14. The van der Waals surface area contributed by atoms with Crippen molar-refractivity contribution in [1.29, 1.82) is 0 Å². The van der Waals surface area contributed by atoms with E-state index in [1.54, 1.807) is 0 Å². The molecular formula is C8H15OSSi. The predicted octanol–water partition coefficient (Wildman–Crippen LogP) is 2.50. The lowest BCUT2D eigenvalue weighted by Crippen LogP contribution is -1.97. The zero-order valence-corrected chi connectivity index (χ0v) is 8.88. The van der Waals surface area contributed by atoms with Crippen molar-refractivity contribution < 1.29 is 4.74 Å². The number of hydrogen-bond donors (Lipinski definition) is 0. The summed E-state index contributed by atoms with van der Waals surface area (Å²) in [6.07, 6.45) is 4.91. The normalized spacial score (nSPS) is 9.64. The molecule has 0 aromatic carbocycles. The van der Waals surface area contributed by atoms with Crippen LogP contribution in [-0.2, 0) is 4.74 Å². The zero-order chi connectivity index (χ0) is 8.53. The molecule has 3 radical (unpaired) electrons. The Bertz CT molecular complexity index is 106. The molecule has 0 fully saturated rings. The minimum Gasteiger partial charge on any atom is -0.487 e.